The summed E-state index contributed by atoms with van der Waals surface area (Å²) in [6.07, 6.45) is -2.02. The minimum atomic E-state index is -4.36. The quantitative estimate of drug-likeness (QED) is 0.670. The molecule has 0 aromatic carbocycles. The standard InChI is InChI=1S/C9H9F3NO/c1-7(14)5-13-4-2-3-8(6-13)9(10,11)12/h2-4,6H,5H2,1H3/q+1. The summed E-state index contributed by atoms with van der Waals surface area (Å²) in [6.45, 7) is 1.29. The van der Waals surface area contributed by atoms with Gasteiger partial charge in [0.2, 0.25) is 6.54 Å². The van der Waals surface area contributed by atoms with Crippen LogP contribution >= 0.6 is 0 Å². The number of ketones is 1. The van der Waals surface area contributed by atoms with Crippen molar-refractivity contribution < 1.29 is 22.5 Å². The van der Waals surface area contributed by atoms with E-state index in [1.165, 1.54) is 23.8 Å². The Morgan fingerprint density at radius 3 is 2.64 bits per heavy atom. The van der Waals surface area contributed by atoms with E-state index < -0.39 is 11.7 Å². The van der Waals surface area contributed by atoms with Crippen LogP contribution in [0.3, 0.4) is 0 Å². The maximum Gasteiger partial charge on any atom is 0.422 e. The average molecular weight is 204 g/mol. The number of carbonyl (C=O) groups is 1. The van der Waals surface area contributed by atoms with Crippen LogP contribution in [0, 0.1) is 0 Å². The molecule has 1 heterocycles. The average Bonchev–Trinajstić information content (AvgIpc) is 2.01. The van der Waals surface area contributed by atoms with E-state index in [2.05, 4.69) is 0 Å². The summed E-state index contributed by atoms with van der Waals surface area (Å²) in [5, 5.41) is 0. The molecule has 0 saturated carbocycles. The molecule has 76 valence electrons. The summed E-state index contributed by atoms with van der Waals surface area (Å²) in [6, 6.07) is 2.24. The Balaban J connectivity index is 2.95. The van der Waals surface area contributed by atoms with Crippen LogP contribution in [0.5, 0.6) is 0 Å². The van der Waals surface area contributed by atoms with Crippen LogP contribution in [0.25, 0.3) is 0 Å². The van der Waals surface area contributed by atoms with E-state index in [0.29, 0.717) is 0 Å². The monoisotopic (exact) mass is 204 g/mol. The Hall–Kier alpha value is -1.39. The first-order valence-electron chi connectivity index (χ1n) is 3.95. The summed E-state index contributed by atoms with van der Waals surface area (Å²) in [5.41, 5.74) is -0.749. The van der Waals surface area contributed by atoms with Crippen LogP contribution in [0.15, 0.2) is 24.5 Å². The van der Waals surface area contributed by atoms with Gasteiger partial charge in [0.25, 0.3) is 0 Å². The van der Waals surface area contributed by atoms with Crippen molar-refractivity contribution in [1.29, 1.82) is 0 Å². The molecule has 5 heteroatoms. The molecule has 0 aliphatic rings. The predicted molar refractivity (Wildman–Crippen MR) is 42.3 cm³/mol. The first kappa shape index (κ1) is 10.7. The Labute approximate surface area is 79.0 Å². The van der Waals surface area contributed by atoms with Crippen LogP contribution in [0.1, 0.15) is 12.5 Å². The lowest BCUT2D eigenvalue weighted by Crippen LogP contribution is -2.37. The lowest BCUT2D eigenvalue weighted by Gasteiger charge is -2.03. The molecule has 1 rings (SSSR count). The molecular weight excluding hydrogens is 195 g/mol. The van der Waals surface area contributed by atoms with E-state index in [0.717, 1.165) is 12.3 Å². The van der Waals surface area contributed by atoms with Crippen molar-refractivity contribution in [2.24, 2.45) is 0 Å². The molecular formula is C9H9F3NO+. The molecule has 0 atom stereocenters. The van der Waals surface area contributed by atoms with Gasteiger partial charge in [-0.2, -0.15) is 17.7 Å². The van der Waals surface area contributed by atoms with Gasteiger partial charge in [-0.05, 0) is 6.07 Å². The number of halogens is 3. The van der Waals surface area contributed by atoms with Gasteiger partial charge in [-0.3, -0.25) is 4.79 Å². The largest absolute Gasteiger partial charge is 0.422 e. The van der Waals surface area contributed by atoms with Gasteiger partial charge in [0.1, 0.15) is 5.56 Å². The number of Topliss-reactive ketones (excluding diaryl/α,β-unsaturated/α-hetero) is 1. The SMILES string of the molecule is CC(=O)C[n+]1cccc(C(F)(F)F)c1. The van der Waals surface area contributed by atoms with Crippen molar-refractivity contribution in [1.82, 2.24) is 0 Å². The number of hydrogen-bond acceptors (Lipinski definition) is 1. The molecule has 1 aromatic rings. The number of pyridine rings is 1. The smallest absolute Gasteiger partial charge is 0.293 e. The molecule has 14 heavy (non-hydrogen) atoms. The number of hydrogen-bond donors (Lipinski definition) is 0. The Bertz CT molecular complexity index is 346. The summed E-state index contributed by atoms with van der Waals surface area (Å²) in [4.78, 5) is 10.7. The van der Waals surface area contributed by atoms with Crippen molar-refractivity contribution in [3.8, 4) is 0 Å². The second-order valence-electron chi connectivity index (χ2n) is 2.96. The first-order valence-corrected chi connectivity index (χ1v) is 3.95. The van der Waals surface area contributed by atoms with Crippen LogP contribution in [0.4, 0.5) is 13.2 Å². The van der Waals surface area contributed by atoms with Gasteiger partial charge >= 0.3 is 6.18 Å². The third kappa shape index (κ3) is 2.83. The number of rotatable bonds is 2. The lowest BCUT2D eigenvalue weighted by atomic mass is 10.2. The van der Waals surface area contributed by atoms with Crippen molar-refractivity contribution in [3.63, 3.8) is 0 Å². The van der Waals surface area contributed by atoms with Gasteiger partial charge in [0, 0.05) is 13.0 Å². The molecule has 0 aliphatic carbocycles. The molecule has 0 N–H and O–H groups in total. The van der Waals surface area contributed by atoms with E-state index in [1.54, 1.807) is 0 Å². The van der Waals surface area contributed by atoms with E-state index in [1.807, 2.05) is 0 Å². The lowest BCUT2D eigenvalue weighted by molar-refractivity contribution is -0.685. The highest BCUT2D eigenvalue weighted by atomic mass is 19.4. The zero-order valence-corrected chi connectivity index (χ0v) is 7.51. The number of alkyl halides is 3. The van der Waals surface area contributed by atoms with Crippen LogP contribution < -0.4 is 4.57 Å². The maximum atomic E-state index is 12.2. The van der Waals surface area contributed by atoms with Crippen LogP contribution in [0.2, 0.25) is 0 Å². The predicted octanol–water partition coefficient (Wildman–Crippen LogP) is 1.58. The van der Waals surface area contributed by atoms with Gasteiger partial charge in [0.05, 0.1) is 0 Å². The Morgan fingerprint density at radius 2 is 2.14 bits per heavy atom. The number of nitrogens with zero attached hydrogens (tertiary/aromatic N) is 1. The summed E-state index contributed by atoms with van der Waals surface area (Å²) >= 11 is 0. The molecule has 0 amide bonds. The summed E-state index contributed by atoms with van der Waals surface area (Å²) in [5.74, 6) is -0.186. The van der Waals surface area contributed by atoms with E-state index in [-0.39, 0.29) is 12.3 Å². The summed E-state index contributed by atoms with van der Waals surface area (Å²) in [7, 11) is 0. The molecule has 0 unspecified atom stereocenters. The first-order chi connectivity index (χ1) is 6.39. The van der Waals surface area contributed by atoms with Crippen molar-refractivity contribution >= 4 is 5.78 Å². The minimum Gasteiger partial charge on any atom is -0.293 e. The fraction of sp³-hybridized carbons (Fsp3) is 0.333. The van der Waals surface area contributed by atoms with Crippen molar-refractivity contribution in [2.45, 2.75) is 19.6 Å². The molecule has 0 fully saturated rings. The van der Waals surface area contributed by atoms with Gasteiger partial charge in [-0.1, -0.05) is 0 Å². The zero-order chi connectivity index (χ0) is 10.8. The normalized spacial score (nSPS) is 11.4. The maximum absolute atomic E-state index is 12.2. The molecule has 0 aliphatic heterocycles. The zero-order valence-electron chi connectivity index (χ0n) is 7.51. The highest BCUT2D eigenvalue weighted by Gasteiger charge is 2.33. The second-order valence-corrected chi connectivity index (χ2v) is 2.96. The van der Waals surface area contributed by atoms with E-state index in [9.17, 15) is 18.0 Å². The van der Waals surface area contributed by atoms with Crippen molar-refractivity contribution in [2.75, 3.05) is 0 Å². The third-order valence-corrected chi connectivity index (χ3v) is 1.59. The topological polar surface area (TPSA) is 20.9 Å². The van der Waals surface area contributed by atoms with Crippen LogP contribution in [-0.4, -0.2) is 5.78 Å². The highest BCUT2D eigenvalue weighted by Crippen LogP contribution is 2.27. The molecule has 0 radical (unpaired) electrons. The van der Waals surface area contributed by atoms with E-state index >= 15 is 0 Å². The Kier molecular flexibility index (Phi) is 2.88. The minimum absolute atomic E-state index is 0.0378. The van der Waals surface area contributed by atoms with E-state index in [4.69, 9.17) is 0 Å². The number of aromatic nitrogens is 1. The molecule has 2 nitrogen and oxygen atoms in total. The third-order valence-electron chi connectivity index (χ3n) is 1.59. The fourth-order valence-electron chi connectivity index (χ4n) is 1.05. The second kappa shape index (κ2) is 3.77. The fourth-order valence-corrected chi connectivity index (χ4v) is 1.05. The van der Waals surface area contributed by atoms with Crippen molar-refractivity contribution in [3.05, 3.63) is 30.1 Å². The summed E-state index contributed by atoms with van der Waals surface area (Å²) < 4.78 is 37.8. The van der Waals surface area contributed by atoms with Crippen LogP contribution in [-0.2, 0) is 17.5 Å². The Morgan fingerprint density at radius 1 is 1.50 bits per heavy atom. The molecule has 0 saturated heterocycles. The van der Waals surface area contributed by atoms with Gasteiger partial charge in [-0.25, -0.2) is 0 Å². The number of carbonyl (C=O) groups excluding carboxylic acids is 1. The molecule has 0 bridgehead atoms. The highest BCUT2D eigenvalue weighted by molar-refractivity contribution is 5.73. The van der Waals surface area contributed by atoms with Gasteiger partial charge < -0.3 is 0 Å². The molecule has 0 spiro atoms. The van der Waals surface area contributed by atoms with Gasteiger partial charge in [0.15, 0.2) is 18.2 Å². The molecule has 1 aromatic heterocycles. The van der Waals surface area contributed by atoms with Gasteiger partial charge in [-0.15, -0.1) is 0 Å².